The zero-order valence-corrected chi connectivity index (χ0v) is 18.4. The summed E-state index contributed by atoms with van der Waals surface area (Å²) < 4.78 is 14.1. The molecule has 4 rings (SSSR count). The molecule has 0 spiro atoms. The Kier molecular flexibility index (Phi) is 6.50. The van der Waals surface area contributed by atoms with E-state index < -0.39 is 11.6 Å². The molecule has 0 bridgehead atoms. The van der Waals surface area contributed by atoms with Gasteiger partial charge in [-0.05, 0) is 50.8 Å². The van der Waals surface area contributed by atoms with Crippen molar-refractivity contribution in [2.24, 2.45) is 4.99 Å². The van der Waals surface area contributed by atoms with Crippen LogP contribution in [0.25, 0.3) is 0 Å². The topological polar surface area (TPSA) is 80.2 Å². The van der Waals surface area contributed by atoms with Crippen LogP contribution in [-0.2, 0) is 6.54 Å². The fourth-order valence-corrected chi connectivity index (χ4v) is 4.55. The summed E-state index contributed by atoms with van der Waals surface area (Å²) in [5.41, 5.74) is 1.14. The Bertz CT molecular complexity index is 891. The van der Waals surface area contributed by atoms with E-state index in [1.807, 2.05) is 11.8 Å². The van der Waals surface area contributed by atoms with Gasteiger partial charge >= 0.3 is 6.03 Å². The van der Waals surface area contributed by atoms with Gasteiger partial charge in [0.25, 0.3) is 0 Å². The quantitative estimate of drug-likeness (QED) is 0.624. The van der Waals surface area contributed by atoms with Gasteiger partial charge in [-0.25, -0.2) is 9.18 Å². The zero-order chi connectivity index (χ0) is 22.0. The van der Waals surface area contributed by atoms with Crippen molar-refractivity contribution in [3.8, 4) is 0 Å². The molecular weight excluding hydrogens is 421 g/mol. The highest BCUT2D eigenvalue weighted by Gasteiger charge is 2.42. The molecule has 1 saturated carbocycles. The number of carbonyl (C=O) groups excluding carboxylic acids is 1. The number of halogens is 2. The maximum Gasteiger partial charge on any atom is 0.318 e. The minimum Gasteiger partial charge on any atom is -0.390 e. The van der Waals surface area contributed by atoms with Crippen LogP contribution in [-0.4, -0.2) is 64.7 Å². The predicted octanol–water partition coefficient (Wildman–Crippen LogP) is 2.84. The van der Waals surface area contributed by atoms with Crippen molar-refractivity contribution in [3.05, 3.63) is 46.4 Å². The molecule has 1 aromatic carbocycles. The van der Waals surface area contributed by atoms with Crippen LogP contribution in [0, 0.1) is 5.82 Å². The number of amides is 2. The highest BCUT2D eigenvalue weighted by atomic mass is 35.5. The maximum absolute atomic E-state index is 14.1. The van der Waals surface area contributed by atoms with Gasteiger partial charge in [-0.1, -0.05) is 17.7 Å². The zero-order valence-electron chi connectivity index (χ0n) is 17.7. The second-order valence-electron chi connectivity index (χ2n) is 8.55. The number of carbonyl (C=O) groups is 1. The summed E-state index contributed by atoms with van der Waals surface area (Å²) in [5, 5.41) is 16.0. The van der Waals surface area contributed by atoms with E-state index in [1.54, 1.807) is 24.4 Å². The van der Waals surface area contributed by atoms with Gasteiger partial charge in [-0.15, -0.1) is 0 Å². The van der Waals surface area contributed by atoms with Crippen molar-refractivity contribution >= 4 is 23.8 Å². The maximum atomic E-state index is 14.1. The minimum atomic E-state index is -0.649. The van der Waals surface area contributed by atoms with Crippen molar-refractivity contribution in [1.29, 1.82) is 0 Å². The third kappa shape index (κ3) is 5.02. The van der Waals surface area contributed by atoms with Crippen LogP contribution in [0.15, 0.2) is 35.0 Å². The van der Waals surface area contributed by atoms with E-state index in [1.165, 1.54) is 6.07 Å². The molecule has 1 unspecified atom stereocenters. The second kappa shape index (κ2) is 9.14. The first-order valence-corrected chi connectivity index (χ1v) is 11.2. The Morgan fingerprint density at radius 2 is 2.23 bits per heavy atom. The van der Waals surface area contributed by atoms with Crippen LogP contribution in [0.1, 0.15) is 38.2 Å². The largest absolute Gasteiger partial charge is 0.390 e. The van der Waals surface area contributed by atoms with E-state index in [2.05, 4.69) is 20.5 Å². The molecule has 2 aliphatic heterocycles. The second-order valence-corrected chi connectivity index (χ2v) is 8.99. The van der Waals surface area contributed by atoms with Crippen LogP contribution in [0.3, 0.4) is 0 Å². The van der Waals surface area contributed by atoms with Gasteiger partial charge in [-0.3, -0.25) is 9.89 Å². The number of urea groups is 1. The lowest BCUT2D eigenvalue weighted by Crippen LogP contribution is -2.63. The lowest BCUT2D eigenvalue weighted by molar-refractivity contribution is 0.0236. The Hall–Kier alpha value is -2.16. The van der Waals surface area contributed by atoms with E-state index in [9.17, 15) is 14.3 Å². The highest BCUT2D eigenvalue weighted by molar-refractivity contribution is 6.30. The molecule has 2 atom stereocenters. The highest BCUT2D eigenvalue weighted by Crippen LogP contribution is 2.33. The molecule has 1 aromatic rings. The number of hydrogen-bond acceptors (Lipinski definition) is 5. The molecule has 168 valence electrons. The first-order valence-electron chi connectivity index (χ1n) is 10.8. The summed E-state index contributed by atoms with van der Waals surface area (Å²) in [7, 11) is 0. The third-order valence-corrected chi connectivity index (χ3v) is 6.43. The molecule has 9 heteroatoms. The first kappa shape index (κ1) is 22.0. The van der Waals surface area contributed by atoms with E-state index in [0.717, 1.165) is 37.9 Å². The van der Waals surface area contributed by atoms with E-state index in [-0.39, 0.29) is 31.3 Å². The standard InChI is InChI=1S/C22H29ClFN5O2/c1-22(26-9-8-17(14-30)27-22)28-10-2-3-19(13-28)29(18-6-7-18)21(31)25-12-15-4-5-16(23)11-20(15)24/h4-5,8-9,11,18-19,27,30H,2-3,6-7,10,12-14H2,1H3,(H,25,31)/t19-,22?/m1/s1. The average Bonchev–Trinajstić information content (AvgIpc) is 3.58. The summed E-state index contributed by atoms with van der Waals surface area (Å²) >= 11 is 5.82. The summed E-state index contributed by atoms with van der Waals surface area (Å²) in [6.45, 7) is 3.57. The Morgan fingerprint density at radius 3 is 2.94 bits per heavy atom. The summed E-state index contributed by atoms with van der Waals surface area (Å²) in [5.74, 6) is -1.07. The normalized spacial score (nSPS) is 26.2. The van der Waals surface area contributed by atoms with Gasteiger partial charge in [0.05, 0.1) is 6.61 Å². The van der Waals surface area contributed by atoms with Crippen molar-refractivity contribution in [2.45, 2.75) is 57.0 Å². The molecule has 1 saturated heterocycles. The smallest absolute Gasteiger partial charge is 0.318 e. The number of piperidine rings is 1. The summed E-state index contributed by atoms with van der Waals surface area (Å²) in [6, 6.07) is 4.59. The lowest BCUT2D eigenvalue weighted by Gasteiger charge is -2.47. The van der Waals surface area contributed by atoms with Crippen molar-refractivity contribution < 1.29 is 14.3 Å². The van der Waals surface area contributed by atoms with E-state index >= 15 is 0 Å². The van der Waals surface area contributed by atoms with Gasteiger partial charge in [0, 0.05) is 54.2 Å². The first-order chi connectivity index (χ1) is 14.9. The van der Waals surface area contributed by atoms with Gasteiger partial charge in [-0.2, -0.15) is 0 Å². The average molecular weight is 450 g/mol. The molecule has 3 aliphatic rings. The lowest BCUT2D eigenvalue weighted by atomic mass is 10.0. The number of aliphatic hydroxyl groups excluding tert-OH is 1. The van der Waals surface area contributed by atoms with Crippen LogP contribution in [0.4, 0.5) is 9.18 Å². The van der Waals surface area contributed by atoms with Gasteiger partial charge < -0.3 is 20.6 Å². The molecule has 0 aromatic heterocycles. The number of nitrogens with zero attached hydrogens (tertiary/aromatic N) is 3. The molecule has 2 fully saturated rings. The van der Waals surface area contributed by atoms with Crippen LogP contribution in [0.5, 0.6) is 0 Å². The third-order valence-electron chi connectivity index (χ3n) is 6.19. The van der Waals surface area contributed by atoms with Crippen LogP contribution < -0.4 is 10.6 Å². The Balaban J connectivity index is 1.42. The predicted molar refractivity (Wildman–Crippen MR) is 118 cm³/mol. The Morgan fingerprint density at radius 1 is 1.42 bits per heavy atom. The van der Waals surface area contributed by atoms with Crippen molar-refractivity contribution in [2.75, 3.05) is 19.7 Å². The Labute approximate surface area is 187 Å². The number of nitrogens with one attached hydrogen (secondary N) is 2. The fourth-order valence-electron chi connectivity index (χ4n) is 4.39. The van der Waals surface area contributed by atoms with Gasteiger partial charge in [0.15, 0.2) is 5.79 Å². The molecule has 31 heavy (non-hydrogen) atoms. The van der Waals surface area contributed by atoms with Crippen molar-refractivity contribution in [1.82, 2.24) is 20.4 Å². The number of benzene rings is 1. The number of allylic oxidation sites excluding steroid dienone is 1. The van der Waals surface area contributed by atoms with Crippen LogP contribution in [0.2, 0.25) is 5.02 Å². The van der Waals surface area contributed by atoms with Crippen molar-refractivity contribution in [3.63, 3.8) is 0 Å². The number of aliphatic imine (C=N–C) groups is 1. The molecule has 2 amide bonds. The van der Waals surface area contributed by atoms with E-state index in [0.29, 0.717) is 17.1 Å². The van der Waals surface area contributed by atoms with Gasteiger partial charge in [0.1, 0.15) is 5.82 Å². The SMILES string of the molecule is CC1(N2CCC[C@@H](N(C(=O)NCc3ccc(Cl)cc3F)C3CC3)C2)N=CC=C(CO)N1. The molecule has 7 nitrogen and oxygen atoms in total. The molecule has 0 radical (unpaired) electrons. The molecule has 2 heterocycles. The number of likely N-dealkylation sites (tertiary alicyclic amines) is 1. The van der Waals surface area contributed by atoms with Gasteiger partial charge in [0.2, 0.25) is 0 Å². The molecule has 3 N–H and O–H groups in total. The number of rotatable bonds is 6. The number of aliphatic hydroxyl groups is 1. The number of hydrogen-bond donors (Lipinski definition) is 3. The molecular formula is C22H29ClFN5O2. The fraction of sp³-hybridized carbons (Fsp3) is 0.545. The van der Waals surface area contributed by atoms with E-state index in [4.69, 9.17) is 11.6 Å². The minimum absolute atomic E-state index is 0.0497. The monoisotopic (exact) mass is 449 g/mol. The molecule has 1 aliphatic carbocycles. The van der Waals surface area contributed by atoms with Crippen LogP contribution >= 0.6 is 11.6 Å². The summed E-state index contributed by atoms with van der Waals surface area (Å²) in [4.78, 5) is 21.9. The summed E-state index contributed by atoms with van der Waals surface area (Å²) in [6.07, 6.45) is 7.32.